The minimum absolute atomic E-state index is 0.0827. The third-order valence-corrected chi connectivity index (χ3v) is 6.31. The van der Waals surface area contributed by atoms with Crippen molar-refractivity contribution in [2.45, 2.75) is 13.3 Å². The molecule has 3 amide bonds. The number of carbonyl (C=O) groups excluding carboxylic acids is 3. The summed E-state index contributed by atoms with van der Waals surface area (Å²) in [5.41, 5.74) is 9.20. The van der Waals surface area contributed by atoms with E-state index < -0.39 is 5.91 Å². The van der Waals surface area contributed by atoms with E-state index in [9.17, 15) is 14.4 Å². The third-order valence-electron chi connectivity index (χ3n) is 6.31. The molecule has 5 rings (SSSR count). The number of aryl methyl sites for hydroxylation is 1. The predicted octanol–water partition coefficient (Wildman–Crippen LogP) is 3.22. The first kappa shape index (κ1) is 22.4. The number of primary amides is 1. The van der Waals surface area contributed by atoms with Gasteiger partial charge in [0.25, 0.3) is 17.7 Å². The van der Waals surface area contributed by atoms with Crippen molar-refractivity contribution in [1.29, 1.82) is 0 Å². The van der Waals surface area contributed by atoms with Crippen LogP contribution in [0.2, 0.25) is 0 Å². The zero-order chi connectivity index (χ0) is 24.5. The minimum atomic E-state index is -0.536. The Hall–Kier alpha value is -4.40. The number of nitrogens with two attached hydrogens (primary N) is 1. The molecule has 35 heavy (non-hydrogen) atoms. The van der Waals surface area contributed by atoms with Crippen LogP contribution in [0.15, 0.2) is 59.2 Å². The molecule has 2 aromatic heterocycles. The van der Waals surface area contributed by atoms with Crippen LogP contribution in [0, 0.1) is 6.92 Å². The highest BCUT2D eigenvalue weighted by atomic mass is 16.3. The van der Waals surface area contributed by atoms with Crippen LogP contribution in [-0.4, -0.2) is 63.7 Å². The number of H-pyrrole nitrogens is 1. The number of amides is 3. The number of hydrogen-bond acceptors (Lipinski definition) is 5. The fourth-order valence-electron chi connectivity index (χ4n) is 4.38. The maximum atomic E-state index is 13.1. The highest BCUT2D eigenvalue weighted by Gasteiger charge is 2.26. The van der Waals surface area contributed by atoms with Gasteiger partial charge in [-0.1, -0.05) is 18.2 Å². The summed E-state index contributed by atoms with van der Waals surface area (Å²) < 4.78 is 5.35. The van der Waals surface area contributed by atoms with Gasteiger partial charge in [0.2, 0.25) is 0 Å². The number of furan rings is 1. The maximum absolute atomic E-state index is 13.1. The summed E-state index contributed by atoms with van der Waals surface area (Å²) in [5.74, 6) is 0.183. The Balaban J connectivity index is 1.29. The van der Waals surface area contributed by atoms with Gasteiger partial charge in [-0.3, -0.25) is 14.4 Å². The van der Waals surface area contributed by atoms with Gasteiger partial charge in [-0.25, -0.2) is 4.98 Å². The average Bonchev–Trinajstić information content (AvgIpc) is 3.41. The van der Waals surface area contributed by atoms with Gasteiger partial charge >= 0.3 is 0 Å². The Morgan fingerprint density at radius 3 is 2.31 bits per heavy atom. The molecule has 1 fully saturated rings. The molecule has 1 aliphatic rings. The normalized spacial score (nSPS) is 14.2. The van der Waals surface area contributed by atoms with Crippen molar-refractivity contribution >= 4 is 28.8 Å². The van der Waals surface area contributed by atoms with Crippen molar-refractivity contribution in [3.8, 4) is 11.4 Å². The number of aromatic amines is 1. The molecule has 1 aliphatic heterocycles. The fourth-order valence-corrected chi connectivity index (χ4v) is 4.38. The van der Waals surface area contributed by atoms with E-state index in [0.717, 1.165) is 11.1 Å². The number of rotatable bonds is 4. The first-order chi connectivity index (χ1) is 16.9. The van der Waals surface area contributed by atoms with Gasteiger partial charge in [0.15, 0.2) is 5.76 Å². The number of nitrogens with zero attached hydrogens (tertiary/aromatic N) is 3. The van der Waals surface area contributed by atoms with E-state index in [0.29, 0.717) is 66.3 Å². The highest BCUT2D eigenvalue weighted by molar-refractivity contribution is 6.04. The van der Waals surface area contributed by atoms with E-state index in [1.54, 1.807) is 40.1 Å². The number of carbonyl (C=O) groups is 3. The molecule has 0 bridgehead atoms. The van der Waals surface area contributed by atoms with Crippen LogP contribution >= 0.6 is 0 Å². The Morgan fingerprint density at radius 1 is 0.943 bits per heavy atom. The molecule has 0 aliphatic carbocycles. The van der Waals surface area contributed by atoms with Crippen LogP contribution in [0.1, 0.15) is 43.3 Å². The van der Waals surface area contributed by atoms with Crippen LogP contribution in [0.25, 0.3) is 22.4 Å². The number of imidazole rings is 1. The number of para-hydroxylation sites is 1. The van der Waals surface area contributed by atoms with Crippen LogP contribution < -0.4 is 5.73 Å². The molecule has 2 aromatic carbocycles. The molecule has 3 heterocycles. The van der Waals surface area contributed by atoms with Gasteiger partial charge < -0.3 is 24.9 Å². The van der Waals surface area contributed by atoms with Gasteiger partial charge in [-0.15, -0.1) is 0 Å². The number of fused-ring (bicyclic) bond motifs is 1. The van der Waals surface area contributed by atoms with Gasteiger partial charge in [-0.05, 0) is 43.7 Å². The Kier molecular flexibility index (Phi) is 5.82. The van der Waals surface area contributed by atoms with Gasteiger partial charge in [0, 0.05) is 42.9 Å². The predicted molar refractivity (Wildman–Crippen MR) is 130 cm³/mol. The van der Waals surface area contributed by atoms with Crippen LogP contribution in [0.5, 0.6) is 0 Å². The molecule has 0 atom stereocenters. The molecule has 0 unspecified atom stereocenters. The molecule has 9 heteroatoms. The van der Waals surface area contributed by atoms with E-state index >= 15 is 0 Å². The van der Waals surface area contributed by atoms with Gasteiger partial charge in [0.05, 0.1) is 17.3 Å². The third kappa shape index (κ3) is 4.28. The second-order valence-corrected chi connectivity index (χ2v) is 8.60. The lowest BCUT2D eigenvalue weighted by Gasteiger charge is -2.22. The summed E-state index contributed by atoms with van der Waals surface area (Å²) in [6, 6.07) is 14.2. The maximum Gasteiger partial charge on any atom is 0.289 e. The van der Waals surface area contributed by atoms with E-state index in [1.807, 2.05) is 25.1 Å². The highest BCUT2D eigenvalue weighted by Crippen LogP contribution is 2.24. The fraction of sp³-hybridized carbons (Fsp3) is 0.231. The van der Waals surface area contributed by atoms with Crippen molar-refractivity contribution in [2.24, 2.45) is 5.73 Å². The van der Waals surface area contributed by atoms with Gasteiger partial charge in [0.1, 0.15) is 11.3 Å². The van der Waals surface area contributed by atoms with Crippen molar-refractivity contribution in [2.75, 3.05) is 26.2 Å². The van der Waals surface area contributed by atoms with Crippen molar-refractivity contribution in [3.05, 3.63) is 77.2 Å². The average molecular weight is 472 g/mol. The first-order valence-corrected chi connectivity index (χ1v) is 11.4. The summed E-state index contributed by atoms with van der Waals surface area (Å²) in [4.78, 5) is 48.9. The lowest BCUT2D eigenvalue weighted by molar-refractivity contribution is 0.0699. The molecule has 4 aromatic rings. The Bertz CT molecular complexity index is 1420. The van der Waals surface area contributed by atoms with Crippen molar-refractivity contribution in [3.63, 3.8) is 0 Å². The summed E-state index contributed by atoms with van der Waals surface area (Å²) in [6.45, 7) is 3.88. The molecule has 3 N–H and O–H groups in total. The number of aromatic nitrogens is 2. The van der Waals surface area contributed by atoms with Crippen molar-refractivity contribution < 1.29 is 18.8 Å². The van der Waals surface area contributed by atoms with E-state index in [2.05, 4.69) is 9.97 Å². The zero-order valence-corrected chi connectivity index (χ0v) is 19.3. The molecular weight excluding hydrogens is 446 g/mol. The van der Waals surface area contributed by atoms with Crippen molar-refractivity contribution in [1.82, 2.24) is 19.8 Å². The molecule has 0 saturated carbocycles. The largest absolute Gasteiger partial charge is 0.459 e. The summed E-state index contributed by atoms with van der Waals surface area (Å²) in [6.07, 6.45) is 2.21. The Morgan fingerprint density at radius 2 is 1.66 bits per heavy atom. The lowest BCUT2D eigenvalue weighted by atomic mass is 10.1. The number of hydrogen-bond donors (Lipinski definition) is 2. The van der Waals surface area contributed by atoms with Crippen LogP contribution in [-0.2, 0) is 0 Å². The van der Waals surface area contributed by atoms with E-state index in [4.69, 9.17) is 10.2 Å². The monoisotopic (exact) mass is 471 g/mol. The minimum Gasteiger partial charge on any atom is -0.459 e. The molecule has 178 valence electrons. The number of nitrogens with one attached hydrogen (secondary N) is 1. The standard InChI is InChI=1S/C26H25N5O4/c1-16-10-15-35-22(16)26(34)31-12-3-11-30(13-14-31)25(33)18-8-6-17(7-9-18)24-28-20-5-2-4-19(23(27)32)21(20)29-24/h2,4-10,15H,3,11-14H2,1H3,(H2,27,32)(H,28,29). The van der Waals surface area contributed by atoms with Gasteiger partial charge in [-0.2, -0.15) is 0 Å². The molecule has 0 radical (unpaired) electrons. The topological polar surface area (TPSA) is 126 Å². The number of benzene rings is 2. The smallest absolute Gasteiger partial charge is 0.289 e. The quantitative estimate of drug-likeness (QED) is 0.473. The molecule has 1 saturated heterocycles. The van der Waals surface area contributed by atoms with Crippen LogP contribution in [0.3, 0.4) is 0 Å². The Labute approximate surface area is 201 Å². The summed E-state index contributed by atoms with van der Waals surface area (Å²) in [7, 11) is 0. The zero-order valence-electron chi connectivity index (χ0n) is 19.3. The van der Waals surface area contributed by atoms with E-state index in [-0.39, 0.29) is 11.8 Å². The summed E-state index contributed by atoms with van der Waals surface area (Å²) >= 11 is 0. The first-order valence-electron chi connectivity index (χ1n) is 11.4. The van der Waals surface area contributed by atoms with Crippen LogP contribution in [0.4, 0.5) is 0 Å². The lowest BCUT2D eigenvalue weighted by Crippen LogP contribution is -2.37. The summed E-state index contributed by atoms with van der Waals surface area (Å²) in [5, 5.41) is 0. The second kappa shape index (κ2) is 9.09. The SMILES string of the molecule is Cc1ccoc1C(=O)N1CCCN(C(=O)c2ccc(-c3nc4c(C(N)=O)cccc4[nH]3)cc2)CC1. The molecular formula is C26H25N5O4. The molecule has 9 nitrogen and oxygen atoms in total. The van der Waals surface area contributed by atoms with E-state index in [1.165, 1.54) is 6.26 Å². The molecule has 0 spiro atoms. The second-order valence-electron chi connectivity index (χ2n) is 8.60.